The topological polar surface area (TPSA) is 96.4 Å². The van der Waals surface area contributed by atoms with Gasteiger partial charge in [0.2, 0.25) is 0 Å². The molecule has 6 nitrogen and oxygen atoms in total. The Balaban J connectivity index is 2.40. The lowest BCUT2D eigenvalue weighted by atomic mass is 10.2. The zero-order valence-electron chi connectivity index (χ0n) is 10.5. The fraction of sp³-hybridized carbons (Fsp3) is 0.167. The van der Waals surface area contributed by atoms with E-state index in [1.807, 2.05) is 0 Å². The molecule has 1 unspecified atom stereocenters. The largest absolute Gasteiger partial charge is 0.479 e. The molecule has 0 bridgehead atoms. The summed E-state index contributed by atoms with van der Waals surface area (Å²) in [7, 11) is -3.49. The number of aliphatic carboxylic acids is 1. The van der Waals surface area contributed by atoms with Gasteiger partial charge in [-0.1, -0.05) is 6.07 Å². The summed E-state index contributed by atoms with van der Waals surface area (Å²) in [5.74, 6) is -1.06. The number of carboxylic acids is 1. The Hall–Kier alpha value is -1.93. The first-order valence-electron chi connectivity index (χ1n) is 5.57. The quantitative estimate of drug-likeness (QED) is 0.873. The van der Waals surface area contributed by atoms with Crippen molar-refractivity contribution in [1.82, 2.24) is 4.98 Å². The van der Waals surface area contributed by atoms with Gasteiger partial charge in [-0.3, -0.25) is 0 Å². The van der Waals surface area contributed by atoms with E-state index >= 15 is 0 Å². The lowest BCUT2D eigenvalue weighted by Crippen LogP contribution is -2.21. The summed E-state index contributed by atoms with van der Waals surface area (Å²) in [6, 6.07) is 5.23. The predicted molar refractivity (Wildman–Crippen MR) is 75.7 cm³/mol. The number of nitrogens with one attached hydrogen (secondary N) is 1. The van der Waals surface area contributed by atoms with Gasteiger partial charge in [-0.05, 0) is 23.6 Å². The van der Waals surface area contributed by atoms with Crippen molar-refractivity contribution in [2.45, 2.75) is 10.9 Å². The fourth-order valence-electron chi connectivity index (χ4n) is 1.64. The standard InChI is InChI=1S/C12H12N2O4S2/c1-20(17,18)9-5-2-6-13-11(9)14-10(12(15)16)8-4-3-7-19-8/h2-7,10H,1H3,(H,13,14)(H,15,16). The number of hydrogen-bond acceptors (Lipinski definition) is 6. The summed E-state index contributed by atoms with van der Waals surface area (Å²) in [4.78, 5) is 15.8. The highest BCUT2D eigenvalue weighted by Gasteiger charge is 2.24. The minimum Gasteiger partial charge on any atom is -0.479 e. The second-order valence-corrected chi connectivity index (χ2v) is 7.02. The van der Waals surface area contributed by atoms with Gasteiger partial charge < -0.3 is 10.4 Å². The van der Waals surface area contributed by atoms with Crippen LogP contribution in [-0.4, -0.2) is 30.7 Å². The van der Waals surface area contributed by atoms with Crippen LogP contribution >= 0.6 is 11.3 Å². The van der Waals surface area contributed by atoms with Crippen molar-refractivity contribution >= 4 is 33.0 Å². The smallest absolute Gasteiger partial charge is 0.331 e. The molecule has 1 atom stereocenters. The van der Waals surface area contributed by atoms with Crippen molar-refractivity contribution < 1.29 is 18.3 Å². The van der Waals surface area contributed by atoms with E-state index in [1.54, 1.807) is 17.5 Å². The molecule has 2 aromatic rings. The second kappa shape index (κ2) is 5.59. The summed E-state index contributed by atoms with van der Waals surface area (Å²) in [6.45, 7) is 0. The minimum absolute atomic E-state index is 0.0252. The van der Waals surface area contributed by atoms with Gasteiger partial charge in [0, 0.05) is 17.3 Å². The Kier molecular flexibility index (Phi) is 4.05. The third-order valence-electron chi connectivity index (χ3n) is 2.53. The number of carboxylic acid groups (broad SMARTS) is 1. The van der Waals surface area contributed by atoms with E-state index < -0.39 is 21.8 Å². The Bertz CT molecular complexity index is 711. The molecule has 106 valence electrons. The van der Waals surface area contributed by atoms with Crippen molar-refractivity contribution in [3.05, 3.63) is 40.7 Å². The molecule has 2 heterocycles. The molecule has 0 aliphatic rings. The maximum absolute atomic E-state index is 11.7. The van der Waals surface area contributed by atoms with Gasteiger partial charge in [0.15, 0.2) is 15.9 Å². The van der Waals surface area contributed by atoms with E-state index in [-0.39, 0.29) is 10.7 Å². The van der Waals surface area contributed by atoms with Crippen molar-refractivity contribution in [2.75, 3.05) is 11.6 Å². The Morgan fingerprint density at radius 3 is 2.70 bits per heavy atom. The monoisotopic (exact) mass is 312 g/mol. The van der Waals surface area contributed by atoms with Crippen LogP contribution in [0.3, 0.4) is 0 Å². The van der Waals surface area contributed by atoms with Crippen molar-refractivity contribution in [3.63, 3.8) is 0 Å². The third kappa shape index (κ3) is 3.14. The van der Waals surface area contributed by atoms with Crippen molar-refractivity contribution in [1.29, 1.82) is 0 Å². The molecular formula is C12H12N2O4S2. The Morgan fingerprint density at radius 1 is 1.40 bits per heavy atom. The molecule has 0 aliphatic carbocycles. The molecule has 20 heavy (non-hydrogen) atoms. The highest BCUT2D eigenvalue weighted by Crippen LogP contribution is 2.26. The lowest BCUT2D eigenvalue weighted by Gasteiger charge is -2.15. The number of hydrogen-bond donors (Lipinski definition) is 2. The van der Waals surface area contributed by atoms with Gasteiger partial charge in [-0.15, -0.1) is 11.3 Å². The molecule has 2 rings (SSSR count). The van der Waals surface area contributed by atoms with E-state index in [4.69, 9.17) is 0 Å². The number of anilines is 1. The fourth-order valence-corrected chi connectivity index (χ4v) is 3.20. The minimum atomic E-state index is -3.49. The van der Waals surface area contributed by atoms with Gasteiger partial charge in [-0.2, -0.15) is 0 Å². The molecule has 0 aliphatic heterocycles. The first-order valence-corrected chi connectivity index (χ1v) is 8.34. The maximum atomic E-state index is 11.7. The molecule has 0 fully saturated rings. The number of pyridine rings is 1. The number of sulfone groups is 1. The first-order chi connectivity index (χ1) is 9.39. The average molecular weight is 312 g/mol. The van der Waals surface area contributed by atoms with Crippen LogP contribution in [0.4, 0.5) is 5.82 Å². The summed E-state index contributed by atoms with van der Waals surface area (Å²) < 4.78 is 23.3. The second-order valence-electron chi connectivity index (χ2n) is 4.05. The van der Waals surface area contributed by atoms with E-state index in [1.165, 1.54) is 29.7 Å². The summed E-state index contributed by atoms with van der Waals surface area (Å²) in [5, 5.41) is 13.7. The number of carbonyl (C=O) groups is 1. The zero-order chi connectivity index (χ0) is 14.8. The number of nitrogens with zero attached hydrogens (tertiary/aromatic N) is 1. The van der Waals surface area contributed by atoms with Crippen LogP contribution in [0.25, 0.3) is 0 Å². The van der Waals surface area contributed by atoms with Crippen LogP contribution in [0.1, 0.15) is 10.9 Å². The van der Waals surface area contributed by atoms with E-state index in [2.05, 4.69) is 10.3 Å². The molecule has 0 radical (unpaired) electrons. The summed E-state index contributed by atoms with van der Waals surface area (Å²) in [5.41, 5.74) is 0. The SMILES string of the molecule is CS(=O)(=O)c1cccnc1NC(C(=O)O)c1cccs1. The van der Waals surface area contributed by atoms with Gasteiger partial charge in [0.25, 0.3) is 0 Å². The van der Waals surface area contributed by atoms with Gasteiger partial charge >= 0.3 is 5.97 Å². The van der Waals surface area contributed by atoms with E-state index in [0.29, 0.717) is 4.88 Å². The molecule has 0 saturated heterocycles. The van der Waals surface area contributed by atoms with Crippen LogP contribution in [0.15, 0.2) is 40.7 Å². The number of rotatable bonds is 5. The highest BCUT2D eigenvalue weighted by molar-refractivity contribution is 7.90. The molecule has 2 aromatic heterocycles. The maximum Gasteiger partial charge on any atom is 0.331 e. The molecule has 8 heteroatoms. The number of aromatic nitrogens is 1. The molecule has 0 aromatic carbocycles. The van der Waals surface area contributed by atoms with Crippen molar-refractivity contribution in [2.24, 2.45) is 0 Å². The zero-order valence-corrected chi connectivity index (χ0v) is 12.1. The van der Waals surface area contributed by atoms with Crippen LogP contribution in [0.2, 0.25) is 0 Å². The summed E-state index contributed by atoms with van der Waals surface area (Å²) >= 11 is 1.27. The van der Waals surface area contributed by atoms with Gasteiger partial charge in [-0.25, -0.2) is 18.2 Å². The normalized spacial score (nSPS) is 12.8. The average Bonchev–Trinajstić information content (AvgIpc) is 2.88. The van der Waals surface area contributed by atoms with Crippen molar-refractivity contribution in [3.8, 4) is 0 Å². The molecule has 0 amide bonds. The summed E-state index contributed by atoms with van der Waals surface area (Å²) in [6.07, 6.45) is 2.46. The van der Waals surface area contributed by atoms with Crippen LogP contribution < -0.4 is 5.32 Å². The molecular weight excluding hydrogens is 300 g/mol. The number of thiophene rings is 1. The Morgan fingerprint density at radius 2 is 2.15 bits per heavy atom. The van der Waals surface area contributed by atoms with Gasteiger partial charge in [0.1, 0.15) is 10.7 Å². The highest BCUT2D eigenvalue weighted by atomic mass is 32.2. The molecule has 0 saturated carbocycles. The van der Waals surface area contributed by atoms with Gasteiger partial charge in [0.05, 0.1) is 0 Å². The first kappa shape index (κ1) is 14.5. The molecule has 0 spiro atoms. The molecule has 2 N–H and O–H groups in total. The van der Waals surface area contributed by atoms with E-state index in [0.717, 1.165) is 6.26 Å². The third-order valence-corrected chi connectivity index (χ3v) is 4.59. The van der Waals surface area contributed by atoms with Crippen LogP contribution in [-0.2, 0) is 14.6 Å². The Labute approximate surface area is 120 Å². The predicted octanol–water partition coefficient (Wildman–Crippen LogP) is 1.78. The lowest BCUT2D eigenvalue weighted by molar-refractivity contribution is -0.138. The van der Waals surface area contributed by atoms with Crippen LogP contribution in [0.5, 0.6) is 0 Å². The van der Waals surface area contributed by atoms with Crippen LogP contribution in [0, 0.1) is 0 Å². The van der Waals surface area contributed by atoms with E-state index in [9.17, 15) is 18.3 Å².